The lowest BCUT2D eigenvalue weighted by molar-refractivity contribution is -0.148. The van der Waals surface area contributed by atoms with Crippen LogP contribution >= 0.6 is 0 Å². The van der Waals surface area contributed by atoms with Crippen LogP contribution in [0, 0.1) is 0 Å². The number of fused-ring (bicyclic) bond motifs is 1. The van der Waals surface area contributed by atoms with Crippen LogP contribution in [0.4, 0.5) is 0 Å². The zero-order valence-corrected chi connectivity index (χ0v) is 16.0. The fraction of sp³-hybridized carbons (Fsp3) is 0.273. The van der Waals surface area contributed by atoms with Crippen LogP contribution in [-0.2, 0) is 14.3 Å². The van der Waals surface area contributed by atoms with Crippen molar-refractivity contribution in [1.82, 2.24) is 10.3 Å². The van der Waals surface area contributed by atoms with Gasteiger partial charge in [-0.3, -0.25) is 9.59 Å². The van der Waals surface area contributed by atoms with Crippen LogP contribution in [0.15, 0.2) is 54.7 Å². The lowest BCUT2D eigenvalue weighted by Gasteiger charge is -2.18. The number of aromatic amines is 1. The number of H-pyrrole nitrogens is 1. The van der Waals surface area contributed by atoms with E-state index in [1.54, 1.807) is 14.0 Å². The molecular weight excluding hydrogens is 356 g/mol. The zero-order valence-electron chi connectivity index (χ0n) is 16.0. The summed E-state index contributed by atoms with van der Waals surface area (Å²) in [5.74, 6) is 0.00320. The molecule has 0 aliphatic carbocycles. The van der Waals surface area contributed by atoms with Crippen molar-refractivity contribution in [3.63, 3.8) is 0 Å². The maximum atomic E-state index is 12.1. The fourth-order valence-corrected chi connectivity index (χ4v) is 3.14. The van der Waals surface area contributed by atoms with Gasteiger partial charge >= 0.3 is 5.97 Å². The molecule has 0 fully saturated rings. The van der Waals surface area contributed by atoms with Gasteiger partial charge in [-0.25, -0.2) is 0 Å². The molecule has 2 aromatic carbocycles. The standard InChI is InChI=1S/C22H24N2O4/c1-3-22(26)28-14-21(25)24-12-18(15-8-10-16(27-2)11-9-15)19-13-23-20-7-5-4-6-17(19)20/h4-11,13,18,23H,3,12,14H2,1-2H3,(H,24,25)/t18-/m0/s1. The Labute approximate surface area is 163 Å². The quantitative estimate of drug-likeness (QED) is 0.587. The molecule has 0 bridgehead atoms. The molecule has 1 heterocycles. The van der Waals surface area contributed by atoms with E-state index in [0.717, 1.165) is 27.8 Å². The number of amides is 1. The molecule has 6 nitrogen and oxygen atoms in total. The van der Waals surface area contributed by atoms with Crippen molar-refractivity contribution >= 4 is 22.8 Å². The van der Waals surface area contributed by atoms with Crippen molar-refractivity contribution < 1.29 is 19.1 Å². The number of esters is 1. The first-order valence-electron chi connectivity index (χ1n) is 9.24. The van der Waals surface area contributed by atoms with E-state index < -0.39 is 5.97 Å². The van der Waals surface area contributed by atoms with Crippen LogP contribution in [0.25, 0.3) is 10.9 Å². The van der Waals surface area contributed by atoms with Crippen molar-refractivity contribution in [2.24, 2.45) is 0 Å². The van der Waals surface area contributed by atoms with E-state index in [4.69, 9.17) is 9.47 Å². The van der Waals surface area contributed by atoms with Crippen molar-refractivity contribution in [3.8, 4) is 5.75 Å². The number of ether oxygens (including phenoxy) is 2. The van der Waals surface area contributed by atoms with E-state index in [1.165, 1.54) is 0 Å². The molecular formula is C22H24N2O4. The molecule has 0 saturated carbocycles. The van der Waals surface area contributed by atoms with Crippen LogP contribution in [0.1, 0.15) is 30.4 Å². The van der Waals surface area contributed by atoms with Crippen LogP contribution in [0.2, 0.25) is 0 Å². The lowest BCUT2D eigenvalue weighted by atomic mass is 9.91. The predicted octanol–water partition coefficient (Wildman–Crippen LogP) is 3.38. The number of hydrogen-bond acceptors (Lipinski definition) is 4. The number of benzene rings is 2. The molecule has 0 saturated heterocycles. The van der Waals surface area contributed by atoms with Gasteiger partial charge < -0.3 is 19.8 Å². The van der Waals surface area contributed by atoms with E-state index in [2.05, 4.69) is 16.4 Å². The summed E-state index contributed by atoms with van der Waals surface area (Å²) in [6.45, 7) is 1.81. The van der Waals surface area contributed by atoms with Gasteiger partial charge in [0.05, 0.1) is 7.11 Å². The Hall–Kier alpha value is -3.28. The molecule has 0 aliphatic rings. The third kappa shape index (κ3) is 4.52. The second-order valence-corrected chi connectivity index (χ2v) is 6.43. The SMILES string of the molecule is CCC(=O)OCC(=O)NC[C@@H](c1ccc(OC)cc1)c1c[nH]c2ccccc12. The first-order valence-corrected chi connectivity index (χ1v) is 9.24. The van der Waals surface area contributed by atoms with Crippen molar-refractivity contribution in [3.05, 3.63) is 65.9 Å². The van der Waals surface area contributed by atoms with E-state index in [0.29, 0.717) is 6.54 Å². The van der Waals surface area contributed by atoms with Gasteiger partial charge in [-0.2, -0.15) is 0 Å². The highest BCUT2D eigenvalue weighted by atomic mass is 16.5. The van der Waals surface area contributed by atoms with Gasteiger partial charge in [0.25, 0.3) is 5.91 Å². The molecule has 3 aromatic rings. The number of rotatable bonds is 8. The van der Waals surface area contributed by atoms with Crippen molar-refractivity contribution in [2.75, 3.05) is 20.3 Å². The minimum atomic E-state index is -0.390. The van der Waals surface area contributed by atoms with E-state index in [1.807, 2.05) is 48.7 Å². The third-order valence-electron chi connectivity index (χ3n) is 4.67. The summed E-state index contributed by atoms with van der Waals surface area (Å²) in [4.78, 5) is 26.7. The molecule has 6 heteroatoms. The normalized spacial score (nSPS) is 11.8. The number of methoxy groups -OCH3 is 1. The molecule has 2 N–H and O–H groups in total. The number of para-hydroxylation sites is 1. The highest BCUT2D eigenvalue weighted by Gasteiger charge is 2.19. The summed E-state index contributed by atoms with van der Waals surface area (Å²) in [5.41, 5.74) is 3.18. The Kier molecular flexibility index (Phi) is 6.32. The topological polar surface area (TPSA) is 80.4 Å². The Bertz CT molecular complexity index is 947. The van der Waals surface area contributed by atoms with Crippen LogP contribution < -0.4 is 10.1 Å². The van der Waals surface area contributed by atoms with E-state index in [9.17, 15) is 9.59 Å². The Morgan fingerprint density at radius 2 is 1.86 bits per heavy atom. The summed E-state index contributed by atoms with van der Waals surface area (Å²) in [7, 11) is 1.63. The molecule has 1 atom stereocenters. The summed E-state index contributed by atoms with van der Waals surface area (Å²) >= 11 is 0. The highest BCUT2D eigenvalue weighted by Crippen LogP contribution is 2.31. The molecule has 3 rings (SSSR count). The lowest BCUT2D eigenvalue weighted by Crippen LogP contribution is -2.32. The minimum Gasteiger partial charge on any atom is -0.497 e. The number of nitrogens with one attached hydrogen (secondary N) is 2. The molecule has 146 valence electrons. The minimum absolute atomic E-state index is 0.0621. The zero-order chi connectivity index (χ0) is 19.9. The molecule has 1 aromatic heterocycles. The fourth-order valence-electron chi connectivity index (χ4n) is 3.14. The van der Waals surface area contributed by atoms with Gasteiger partial charge in [0.15, 0.2) is 6.61 Å². The van der Waals surface area contributed by atoms with Crippen LogP contribution in [0.5, 0.6) is 5.75 Å². The maximum Gasteiger partial charge on any atom is 0.306 e. The van der Waals surface area contributed by atoms with Crippen molar-refractivity contribution in [1.29, 1.82) is 0 Å². The third-order valence-corrected chi connectivity index (χ3v) is 4.67. The van der Waals surface area contributed by atoms with Crippen LogP contribution in [-0.4, -0.2) is 37.1 Å². The van der Waals surface area contributed by atoms with Gasteiger partial charge in [-0.05, 0) is 29.3 Å². The Balaban J connectivity index is 1.82. The molecule has 0 radical (unpaired) electrons. The van der Waals surface area contributed by atoms with Gasteiger partial charge in [0, 0.05) is 36.0 Å². The van der Waals surface area contributed by atoms with E-state index in [-0.39, 0.29) is 24.9 Å². The smallest absolute Gasteiger partial charge is 0.306 e. The molecule has 1 amide bonds. The molecule has 0 aliphatic heterocycles. The number of aromatic nitrogens is 1. The van der Waals surface area contributed by atoms with Crippen LogP contribution in [0.3, 0.4) is 0 Å². The average molecular weight is 380 g/mol. The number of carbonyl (C=O) groups excluding carboxylic acids is 2. The van der Waals surface area contributed by atoms with Gasteiger partial charge in [0.1, 0.15) is 5.75 Å². The highest BCUT2D eigenvalue weighted by molar-refractivity contribution is 5.84. The second-order valence-electron chi connectivity index (χ2n) is 6.43. The van der Waals surface area contributed by atoms with E-state index >= 15 is 0 Å². The van der Waals surface area contributed by atoms with Crippen molar-refractivity contribution in [2.45, 2.75) is 19.3 Å². The average Bonchev–Trinajstić information content (AvgIpc) is 3.16. The molecule has 0 spiro atoms. The Morgan fingerprint density at radius 1 is 1.11 bits per heavy atom. The van der Waals surface area contributed by atoms with Gasteiger partial charge in [0.2, 0.25) is 0 Å². The first-order chi connectivity index (χ1) is 13.6. The first kappa shape index (κ1) is 19.5. The number of carbonyl (C=O) groups is 2. The summed E-state index contributed by atoms with van der Waals surface area (Å²) < 4.78 is 10.2. The van der Waals surface area contributed by atoms with Gasteiger partial charge in [-0.1, -0.05) is 37.3 Å². The second kappa shape index (κ2) is 9.08. The molecule has 28 heavy (non-hydrogen) atoms. The largest absolute Gasteiger partial charge is 0.497 e. The molecule has 0 unspecified atom stereocenters. The monoisotopic (exact) mass is 380 g/mol. The summed E-state index contributed by atoms with van der Waals surface area (Å²) in [6, 6.07) is 15.9. The summed E-state index contributed by atoms with van der Waals surface area (Å²) in [6.07, 6.45) is 2.22. The predicted molar refractivity (Wildman–Crippen MR) is 107 cm³/mol. The number of hydrogen-bond donors (Lipinski definition) is 2. The maximum absolute atomic E-state index is 12.1. The summed E-state index contributed by atoms with van der Waals surface area (Å²) in [5, 5.41) is 3.99. The van der Waals surface area contributed by atoms with Gasteiger partial charge in [-0.15, -0.1) is 0 Å². The Morgan fingerprint density at radius 3 is 2.57 bits per heavy atom.